The van der Waals surface area contributed by atoms with Crippen molar-refractivity contribution in [1.29, 1.82) is 0 Å². The second-order valence-corrected chi connectivity index (χ2v) is 5.12. The van der Waals surface area contributed by atoms with Crippen LogP contribution in [0.25, 0.3) is 5.65 Å². The molecule has 2 aromatic heterocycles. The number of aromatic carboxylic acids is 1. The lowest BCUT2D eigenvalue weighted by Gasteiger charge is -2.31. The first kappa shape index (κ1) is 13.0. The fourth-order valence-corrected chi connectivity index (χ4v) is 2.44. The van der Waals surface area contributed by atoms with Crippen LogP contribution < -0.4 is 0 Å². The highest BCUT2D eigenvalue weighted by Crippen LogP contribution is 2.12. The van der Waals surface area contributed by atoms with Gasteiger partial charge in [-0.05, 0) is 19.2 Å². The number of pyridine rings is 1. The van der Waals surface area contributed by atoms with Crippen molar-refractivity contribution in [3.63, 3.8) is 0 Å². The fraction of sp³-hybridized carbons (Fsp3) is 0.462. The molecule has 1 saturated heterocycles. The predicted octanol–water partition coefficient (Wildman–Crippen LogP) is 0.175. The molecular weight excluding hydrogens is 258 g/mol. The summed E-state index contributed by atoms with van der Waals surface area (Å²) in [7, 11) is 2.11. The first-order chi connectivity index (χ1) is 9.65. The largest absolute Gasteiger partial charge is 0.478 e. The van der Waals surface area contributed by atoms with Crippen LogP contribution in [-0.2, 0) is 6.54 Å². The second-order valence-electron chi connectivity index (χ2n) is 5.12. The van der Waals surface area contributed by atoms with Crippen molar-refractivity contribution >= 4 is 11.6 Å². The number of fused-ring (bicyclic) bond motifs is 1. The molecule has 1 N–H and O–H groups in total. The van der Waals surface area contributed by atoms with E-state index in [1.54, 1.807) is 16.5 Å². The third kappa shape index (κ3) is 2.37. The first-order valence-electron chi connectivity index (χ1n) is 6.62. The van der Waals surface area contributed by atoms with Gasteiger partial charge in [-0.15, -0.1) is 10.2 Å². The summed E-state index contributed by atoms with van der Waals surface area (Å²) < 4.78 is 1.77. The summed E-state index contributed by atoms with van der Waals surface area (Å²) in [4.78, 5) is 15.8. The maximum Gasteiger partial charge on any atom is 0.339 e. The molecule has 20 heavy (non-hydrogen) atoms. The standard InChI is InChI=1S/C13H17N5O2/c1-16-5-7-17(8-6-16)9-11-14-15-12-10(13(19)20)3-2-4-18(11)12/h2-4H,5-9H2,1H3,(H,19,20). The summed E-state index contributed by atoms with van der Waals surface area (Å²) in [5, 5.41) is 17.3. The Morgan fingerprint density at radius 1 is 1.30 bits per heavy atom. The average Bonchev–Trinajstić information content (AvgIpc) is 2.84. The Morgan fingerprint density at radius 3 is 2.75 bits per heavy atom. The zero-order valence-electron chi connectivity index (χ0n) is 11.4. The van der Waals surface area contributed by atoms with Gasteiger partial charge in [0.1, 0.15) is 5.56 Å². The van der Waals surface area contributed by atoms with E-state index in [-0.39, 0.29) is 5.56 Å². The van der Waals surface area contributed by atoms with Gasteiger partial charge in [0.2, 0.25) is 0 Å². The van der Waals surface area contributed by atoms with Gasteiger partial charge in [-0.1, -0.05) is 0 Å². The number of hydrogen-bond donors (Lipinski definition) is 1. The molecule has 1 fully saturated rings. The van der Waals surface area contributed by atoms with Gasteiger partial charge in [-0.2, -0.15) is 0 Å². The molecule has 1 aliphatic rings. The van der Waals surface area contributed by atoms with E-state index < -0.39 is 5.97 Å². The molecule has 0 radical (unpaired) electrons. The van der Waals surface area contributed by atoms with Gasteiger partial charge >= 0.3 is 5.97 Å². The molecule has 7 nitrogen and oxygen atoms in total. The van der Waals surface area contributed by atoms with E-state index in [4.69, 9.17) is 5.11 Å². The van der Waals surface area contributed by atoms with Crippen molar-refractivity contribution in [2.24, 2.45) is 0 Å². The minimum absolute atomic E-state index is 0.185. The van der Waals surface area contributed by atoms with E-state index in [0.29, 0.717) is 12.2 Å². The van der Waals surface area contributed by atoms with Crippen molar-refractivity contribution in [3.05, 3.63) is 29.7 Å². The zero-order valence-corrected chi connectivity index (χ0v) is 11.4. The molecule has 106 valence electrons. The summed E-state index contributed by atoms with van der Waals surface area (Å²) >= 11 is 0. The van der Waals surface area contributed by atoms with Crippen LogP contribution in [0.5, 0.6) is 0 Å². The van der Waals surface area contributed by atoms with E-state index in [9.17, 15) is 4.79 Å². The van der Waals surface area contributed by atoms with Crippen LogP contribution in [0.1, 0.15) is 16.2 Å². The summed E-state index contributed by atoms with van der Waals surface area (Å²) in [6.45, 7) is 4.75. The maximum atomic E-state index is 11.2. The second kappa shape index (κ2) is 5.18. The lowest BCUT2D eigenvalue weighted by atomic mass is 10.2. The molecular formula is C13H17N5O2. The Morgan fingerprint density at radius 2 is 2.05 bits per heavy atom. The number of carboxylic acids is 1. The van der Waals surface area contributed by atoms with Gasteiger partial charge in [-0.25, -0.2) is 4.79 Å². The van der Waals surface area contributed by atoms with Gasteiger partial charge < -0.3 is 10.0 Å². The van der Waals surface area contributed by atoms with Crippen molar-refractivity contribution in [3.8, 4) is 0 Å². The summed E-state index contributed by atoms with van der Waals surface area (Å²) in [6, 6.07) is 3.26. The van der Waals surface area contributed by atoms with E-state index in [2.05, 4.69) is 27.0 Å². The molecule has 0 spiro atoms. The van der Waals surface area contributed by atoms with Crippen molar-refractivity contribution < 1.29 is 9.90 Å². The molecule has 0 atom stereocenters. The average molecular weight is 275 g/mol. The van der Waals surface area contributed by atoms with Crippen molar-refractivity contribution in [1.82, 2.24) is 24.4 Å². The van der Waals surface area contributed by atoms with Crippen molar-refractivity contribution in [2.45, 2.75) is 6.54 Å². The topological polar surface area (TPSA) is 74.0 Å². The Bertz CT molecular complexity index is 631. The Hall–Kier alpha value is -1.99. The van der Waals surface area contributed by atoms with Crippen LogP contribution in [0.3, 0.4) is 0 Å². The quantitative estimate of drug-likeness (QED) is 0.861. The molecule has 0 aliphatic carbocycles. The smallest absolute Gasteiger partial charge is 0.339 e. The number of hydrogen-bond acceptors (Lipinski definition) is 5. The van der Waals surface area contributed by atoms with Crippen LogP contribution in [0.15, 0.2) is 18.3 Å². The SMILES string of the molecule is CN1CCN(Cc2nnc3c(C(=O)O)cccn23)CC1. The number of rotatable bonds is 3. The van der Waals surface area contributed by atoms with Crippen LogP contribution in [0.2, 0.25) is 0 Å². The van der Waals surface area contributed by atoms with Gasteiger partial charge in [0, 0.05) is 32.4 Å². The highest BCUT2D eigenvalue weighted by molar-refractivity contribution is 5.94. The molecule has 1 aliphatic heterocycles. The molecule has 0 bridgehead atoms. The van der Waals surface area contributed by atoms with Gasteiger partial charge in [-0.3, -0.25) is 9.30 Å². The highest BCUT2D eigenvalue weighted by atomic mass is 16.4. The molecule has 2 aromatic rings. The monoisotopic (exact) mass is 275 g/mol. The minimum atomic E-state index is -0.978. The Kier molecular flexibility index (Phi) is 3.37. The van der Waals surface area contributed by atoms with Crippen LogP contribution in [-0.4, -0.2) is 68.7 Å². The van der Waals surface area contributed by atoms with Crippen molar-refractivity contribution in [2.75, 3.05) is 33.2 Å². The zero-order chi connectivity index (χ0) is 14.1. The molecule has 7 heteroatoms. The lowest BCUT2D eigenvalue weighted by Crippen LogP contribution is -2.44. The normalized spacial score (nSPS) is 17.6. The number of carboxylic acid groups (broad SMARTS) is 1. The number of carbonyl (C=O) groups is 1. The van der Waals surface area contributed by atoms with E-state index >= 15 is 0 Å². The molecule has 0 unspecified atom stereocenters. The van der Waals surface area contributed by atoms with E-state index in [1.807, 2.05) is 6.20 Å². The van der Waals surface area contributed by atoms with Crippen LogP contribution in [0.4, 0.5) is 0 Å². The van der Waals surface area contributed by atoms with Gasteiger partial charge in [0.15, 0.2) is 11.5 Å². The molecule has 3 heterocycles. The number of piperazine rings is 1. The molecule has 0 amide bonds. The molecule has 0 aromatic carbocycles. The van der Waals surface area contributed by atoms with Crippen LogP contribution >= 0.6 is 0 Å². The third-order valence-corrected chi connectivity index (χ3v) is 3.70. The van der Waals surface area contributed by atoms with E-state index in [0.717, 1.165) is 32.0 Å². The maximum absolute atomic E-state index is 11.2. The summed E-state index contributed by atoms with van der Waals surface area (Å²) in [5.41, 5.74) is 0.591. The Labute approximate surface area is 116 Å². The van der Waals surface area contributed by atoms with Gasteiger partial charge in [0.05, 0.1) is 6.54 Å². The number of aromatic nitrogens is 3. The van der Waals surface area contributed by atoms with Crippen LogP contribution in [0, 0.1) is 0 Å². The van der Waals surface area contributed by atoms with Gasteiger partial charge in [0.25, 0.3) is 0 Å². The minimum Gasteiger partial charge on any atom is -0.478 e. The first-order valence-corrected chi connectivity index (χ1v) is 6.62. The highest BCUT2D eigenvalue weighted by Gasteiger charge is 2.18. The number of nitrogens with zero attached hydrogens (tertiary/aromatic N) is 5. The lowest BCUT2D eigenvalue weighted by molar-refractivity contribution is 0.0698. The fourth-order valence-electron chi connectivity index (χ4n) is 2.44. The Balaban J connectivity index is 1.86. The van der Waals surface area contributed by atoms with E-state index in [1.165, 1.54) is 0 Å². The molecule has 0 saturated carbocycles. The molecule has 3 rings (SSSR count). The summed E-state index contributed by atoms with van der Waals surface area (Å²) in [5.74, 6) is -0.193. The third-order valence-electron chi connectivity index (χ3n) is 3.70. The predicted molar refractivity (Wildman–Crippen MR) is 72.7 cm³/mol. The summed E-state index contributed by atoms with van der Waals surface area (Å²) in [6.07, 6.45) is 1.81. The number of likely N-dealkylation sites (N-methyl/N-ethyl adjacent to an activating group) is 1.